The van der Waals surface area contributed by atoms with Crippen LogP contribution in [0.3, 0.4) is 0 Å². The Bertz CT molecular complexity index is 4790. The molecular formula is C76H65N5O2. The second-order valence-electron chi connectivity index (χ2n) is 23.5. The molecule has 0 amide bonds. The SMILES string of the molecule is Cc1nc2ccccc2c2ccc3c4cc(Oc5cccc(-c6nc7ccccc7n6-c6c(C(C)C)cc(-c7ccccc7)cc6C(C)C)c5)cc(-c5nc6ccccc6n5-c5c(C(C)C)cc(-c6ccccc6)cc5C(C)C)c4oc3c12. The van der Waals surface area contributed by atoms with Gasteiger partial charge in [-0.1, -0.05) is 177 Å². The van der Waals surface area contributed by atoms with Crippen LogP contribution in [0.25, 0.3) is 122 Å². The second kappa shape index (κ2) is 20.4. The van der Waals surface area contributed by atoms with Gasteiger partial charge in [-0.25, -0.2) is 9.97 Å². The number of rotatable bonds is 12. The topological polar surface area (TPSA) is 70.9 Å². The van der Waals surface area contributed by atoms with Crippen molar-refractivity contribution in [2.24, 2.45) is 0 Å². The average molecular weight is 1080 g/mol. The lowest BCUT2D eigenvalue weighted by molar-refractivity contribution is 0.483. The molecule has 0 fully saturated rings. The number of para-hydroxylation sites is 5. The molecule has 0 bridgehead atoms. The van der Waals surface area contributed by atoms with Crippen LogP contribution >= 0.6 is 0 Å². The van der Waals surface area contributed by atoms with E-state index in [-0.39, 0.29) is 23.7 Å². The molecule has 0 spiro atoms. The van der Waals surface area contributed by atoms with Crippen molar-refractivity contribution in [3.8, 4) is 67.9 Å². The summed E-state index contributed by atoms with van der Waals surface area (Å²) in [4.78, 5) is 16.2. The van der Waals surface area contributed by atoms with Crippen molar-refractivity contribution in [1.29, 1.82) is 0 Å². The van der Waals surface area contributed by atoms with Gasteiger partial charge in [-0.15, -0.1) is 0 Å². The molecule has 0 aliphatic heterocycles. The van der Waals surface area contributed by atoms with Crippen LogP contribution in [-0.2, 0) is 0 Å². The first-order valence-corrected chi connectivity index (χ1v) is 29.3. The largest absolute Gasteiger partial charge is 0.457 e. The molecule has 83 heavy (non-hydrogen) atoms. The Morgan fingerprint density at radius 3 is 1.41 bits per heavy atom. The molecule has 0 radical (unpaired) electrons. The summed E-state index contributed by atoms with van der Waals surface area (Å²) in [7, 11) is 0. The molecule has 0 atom stereocenters. The van der Waals surface area contributed by atoms with Gasteiger partial charge in [-0.05, 0) is 165 Å². The molecule has 10 aromatic carbocycles. The molecule has 0 saturated carbocycles. The highest BCUT2D eigenvalue weighted by Crippen LogP contribution is 2.48. The molecular weight excluding hydrogens is 1010 g/mol. The maximum atomic E-state index is 7.39. The summed E-state index contributed by atoms with van der Waals surface area (Å²) < 4.78 is 19.5. The van der Waals surface area contributed by atoms with Gasteiger partial charge in [-0.2, -0.15) is 0 Å². The Morgan fingerprint density at radius 1 is 0.361 bits per heavy atom. The molecule has 14 aromatic rings. The van der Waals surface area contributed by atoms with E-state index in [4.69, 9.17) is 24.1 Å². The van der Waals surface area contributed by atoms with Crippen molar-refractivity contribution in [2.75, 3.05) is 0 Å². The molecule has 7 heteroatoms. The van der Waals surface area contributed by atoms with E-state index in [0.29, 0.717) is 11.5 Å². The number of benzene rings is 10. The normalized spacial score (nSPS) is 12.1. The maximum Gasteiger partial charge on any atom is 0.149 e. The van der Waals surface area contributed by atoms with Crippen molar-refractivity contribution in [3.05, 3.63) is 234 Å². The van der Waals surface area contributed by atoms with Crippen LogP contribution in [0.15, 0.2) is 211 Å². The number of imidazole rings is 2. The Hall–Kier alpha value is -9.59. The van der Waals surface area contributed by atoms with E-state index in [2.05, 4.69) is 266 Å². The number of aryl methyl sites for hydroxylation is 1. The number of furan rings is 1. The standard InChI is InChI=1S/C76H65N5O2/c1-44(2)59-38-52(49-23-12-10-13-24-49)39-60(45(3)4)71(59)80-68-33-20-18-31-66(68)78-75(80)51-27-22-28-54(37-51)82-55-42-63-58-36-35-57-56-29-16-17-30-65(56)77-48(9)70(57)74(58)83-73(63)64(43-55)76-79-67-32-19-21-34-69(67)81(76)72-61(46(5)6)40-53(41-62(72)47(7)8)50-25-14-11-15-26-50/h10-47H,1-9H3. The van der Waals surface area contributed by atoms with Gasteiger partial charge in [0.2, 0.25) is 0 Å². The highest BCUT2D eigenvalue weighted by Gasteiger charge is 2.29. The Kier molecular flexibility index (Phi) is 12.7. The third-order valence-electron chi connectivity index (χ3n) is 16.7. The number of fused-ring (bicyclic) bond motifs is 9. The highest BCUT2D eigenvalue weighted by molar-refractivity contribution is 6.22. The molecule has 0 unspecified atom stereocenters. The third kappa shape index (κ3) is 8.76. The first-order chi connectivity index (χ1) is 40.4. The highest BCUT2D eigenvalue weighted by atomic mass is 16.5. The van der Waals surface area contributed by atoms with E-state index in [1.165, 1.54) is 50.2 Å². The van der Waals surface area contributed by atoms with Gasteiger partial charge < -0.3 is 9.15 Å². The fourth-order valence-corrected chi connectivity index (χ4v) is 12.7. The third-order valence-corrected chi connectivity index (χ3v) is 16.7. The minimum atomic E-state index is 0.181. The molecule has 406 valence electrons. The van der Waals surface area contributed by atoms with Crippen molar-refractivity contribution < 1.29 is 9.15 Å². The number of aromatic nitrogens is 5. The molecule has 4 heterocycles. The molecule has 0 saturated heterocycles. The quantitative estimate of drug-likeness (QED) is 0.114. The zero-order valence-corrected chi connectivity index (χ0v) is 48.5. The van der Waals surface area contributed by atoms with E-state index < -0.39 is 0 Å². The van der Waals surface area contributed by atoms with Gasteiger partial charge in [0.15, 0.2) is 0 Å². The minimum absolute atomic E-state index is 0.181. The van der Waals surface area contributed by atoms with E-state index in [1.54, 1.807) is 0 Å². The van der Waals surface area contributed by atoms with E-state index >= 15 is 0 Å². The lowest BCUT2D eigenvalue weighted by atomic mass is 9.88. The minimum Gasteiger partial charge on any atom is -0.457 e. The van der Waals surface area contributed by atoms with Gasteiger partial charge >= 0.3 is 0 Å². The predicted molar refractivity (Wildman–Crippen MR) is 345 cm³/mol. The smallest absolute Gasteiger partial charge is 0.149 e. The summed E-state index contributed by atoms with van der Waals surface area (Å²) in [6.07, 6.45) is 0. The van der Waals surface area contributed by atoms with Crippen LogP contribution in [0.1, 0.15) is 107 Å². The number of ether oxygens (including phenoxy) is 1. The second-order valence-corrected chi connectivity index (χ2v) is 23.5. The molecule has 0 N–H and O–H groups in total. The maximum absolute atomic E-state index is 7.39. The summed E-state index contributed by atoms with van der Waals surface area (Å²) >= 11 is 0. The summed E-state index contributed by atoms with van der Waals surface area (Å²) in [5.41, 5.74) is 21.2. The predicted octanol–water partition coefficient (Wildman–Crippen LogP) is 21.2. The van der Waals surface area contributed by atoms with Crippen LogP contribution in [-0.4, -0.2) is 24.1 Å². The van der Waals surface area contributed by atoms with Gasteiger partial charge in [-0.3, -0.25) is 14.1 Å². The van der Waals surface area contributed by atoms with Crippen LogP contribution in [0.2, 0.25) is 0 Å². The Morgan fingerprint density at radius 2 is 0.843 bits per heavy atom. The van der Waals surface area contributed by atoms with Gasteiger partial charge in [0.1, 0.15) is 34.3 Å². The van der Waals surface area contributed by atoms with E-state index in [0.717, 1.165) is 99.8 Å². The number of pyridine rings is 1. The first-order valence-electron chi connectivity index (χ1n) is 29.3. The molecule has 4 aromatic heterocycles. The van der Waals surface area contributed by atoms with Gasteiger partial charge in [0.25, 0.3) is 0 Å². The summed E-state index contributed by atoms with van der Waals surface area (Å²) in [5.74, 6) is 3.77. The number of hydrogen-bond acceptors (Lipinski definition) is 5. The van der Waals surface area contributed by atoms with Crippen molar-refractivity contribution in [3.63, 3.8) is 0 Å². The fraction of sp³-hybridized carbons (Fsp3) is 0.171. The lowest BCUT2D eigenvalue weighted by Gasteiger charge is -2.24. The number of nitrogens with zero attached hydrogens (tertiary/aromatic N) is 5. The van der Waals surface area contributed by atoms with Gasteiger partial charge in [0.05, 0.1) is 44.5 Å². The lowest BCUT2D eigenvalue weighted by Crippen LogP contribution is -2.09. The fourth-order valence-electron chi connectivity index (χ4n) is 12.7. The van der Waals surface area contributed by atoms with Crippen molar-refractivity contribution >= 4 is 65.7 Å². The molecule has 0 aliphatic rings. The monoisotopic (exact) mass is 1080 g/mol. The molecule has 14 rings (SSSR count). The average Bonchev–Trinajstić information content (AvgIpc) is 2.07. The van der Waals surface area contributed by atoms with Crippen molar-refractivity contribution in [2.45, 2.75) is 86.0 Å². The summed E-state index contributed by atoms with van der Waals surface area (Å²) in [6, 6.07) is 73.5. The van der Waals surface area contributed by atoms with Crippen LogP contribution in [0.5, 0.6) is 11.5 Å². The Balaban J connectivity index is 0.998. The summed E-state index contributed by atoms with van der Waals surface area (Å²) in [5, 5.41) is 5.07. The molecule has 0 aliphatic carbocycles. The van der Waals surface area contributed by atoms with Crippen LogP contribution in [0.4, 0.5) is 0 Å². The van der Waals surface area contributed by atoms with Gasteiger partial charge in [0, 0.05) is 32.8 Å². The number of hydrogen-bond donors (Lipinski definition) is 0. The zero-order chi connectivity index (χ0) is 56.8. The van der Waals surface area contributed by atoms with E-state index in [1.807, 2.05) is 12.1 Å². The zero-order valence-electron chi connectivity index (χ0n) is 48.5. The molecule has 7 nitrogen and oxygen atoms in total. The van der Waals surface area contributed by atoms with E-state index in [9.17, 15) is 0 Å². The Labute approximate surface area is 484 Å². The van der Waals surface area contributed by atoms with Crippen LogP contribution in [0, 0.1) is 6.92 Å². The summed E-state index contributed by atoms with van der Waals surface area (Å²) in [6.45, 7) is 20.5. The first kappa shape index (κ1) is 51.5. The van der Waals surface area contributed by atoms with Crippen LogP contribution < -0.4 is 4.74 Å². The van der Waals surface area contributed by atoms with Crippen molar-refractivity contribution in [1.82, 2.24) is 24.1 Å².